The molecule has 198 valence electrons. The Morgan fingerprint density at radius 1 is 1.19 bits per heavy atom. The average molecular weight is 512 g/mol. The summed E-state index contributed by atoms with van der Waals surface area (Å²) >= 11 is 0. The summed E-state index contributed by atoms with van der Waals surface area (Å²) in [5.41, 5.74) is 5.46. The number of aryl methyl sites for hydroxylation is 1. The van der Waals surface area contributed by atoms with Crippen molar-refractivity contribution in [1.29, 1.82) is 0 Å². The van der Waals surface area contributed by atoms with Crippen LogP contribution < -0.4 is 10.1 Å². The zero-order valence-corrected chi connectivity index (χ0v) is 22.2. The summed E-state index contributed by atoms with van der Waals surface area (Å²) in [6.45, 7) is 6.74. The SMILES string of the molecule is C/C1=C\c2cc(F)c(C3=CN=C(C(C)(C)C)N(C)C3)cc2CCC[C@H]1NCc1cccc(OC(F)F)c1. The summed E-state index contributed by atoms with van der Waals surface area (Å²) in [5, 5.41) is 3.53. The Morgan fingerprint density at radius 3 is 2.68 bits per heavy atom. The van der Waals surface area contributed by atoms with E-state index < -0.39 is 6.61 Å². The molecule has 0 unspecified atom stereocenters. The van der Waals surface area contributed by atoms with Gasteiger partial charge in [0.1, 0.15) is 17.4 Å². The van der Waals surface area contributed by atoms with Gasteiger partial charge in [-0.1, -0.05) is 44.6 Å². The lowest BCUT2D eigenvalue weighted by molar-refractivity contribution is -0.0498. The number of nitrogens with zero attached hydrogens (tertiary/aromatic N) is 2. The third-order valence-corrected chi connectivity index (χ3v) is 6.91. The number of rotatable bonds is 6. The first-order chi connectivity index (χ1) is 17.5. The lowest BCUT2D eigenvalue weighted by Crippen LogP contribution is -2.39. The van der Waals surface area contributed by atoms with Crippen LogP contribution in [0, 0.1) is 11.2 Å². The largest absolute Gasteiger partial charge is 0.435 e. The fourth-order valence-electron chi connectivity index (χ4n) is 5.17. The van der Waals surface area contributed by atoms with Crippen LogP contribution in [0.4, 0.5) is 13.2 Å². The molecule has 0 amide bonds. The predicted octanol–water partition coefficient (Wildman–Crippen LogP) is 7.06. The van der Waals surface area contributed by atoms with E-state index in [0.717, 1.165) is 52.9 Å². The molecule has 1 N–H and O–H groups in total. The normalized spacial score (nSPS) is 19.9. The van der Waals surface area contributed by atoms with Crippen LogP contribution in [0.5, 0.6) is 5.75 Å². The molecule has 0 bridgehead atoms. The molecule has 4 nitrogen and oxygen atoms in total. The Kier molecular flexibility index (Phi) is 8.12. The fourth-order valence-corrected chi connectivity index (χ4v) is 5.17. The maximum absolute atomic E-state index is 15.4. The minimum atomic E-state index is -2.84. The summed E-state index contributed by atoms with van der Waals surface area (Å²) in [6, 6.07) is 10.5. The number of fused-ring (bicyclic) bond motifs is 1. The number of hydrogen-bond donors (Lipinski definition) is 1. The molecule has 0 fully saturated rings. The van der Waals surface area contributed by atoms with Crippen molar-refractivity contribution in [2.75, 3.05) is 13.6 Å². The van der Waals surface area contributed by atoms with E-state index in [0.29, 0.717) is 18.7 Å². The maximum Gasteiger partial charge on any atom is 0.387 e. The molecule has 7 heteroatoms. The monoisotopic (exact) mass is 511 g/mol. The van der Waals surface area contributed by atoms with Crippen LogP contribution in [-0.4, -0.2) is 37.0 Å². The molecule has 1 aliphatic heterocycles. The third kappa shape index (κ3) is 6.63. The lowest BCUT2D eigenvalue weighted by Gasteiger charge is -2.33. The van der Waals surface area contributed by atoms with E-state index in [-0.39, 0.29) is 23.0 Å². The summed E-state index contributed by atoms with van der Waals surface area (Å²) < 4.78 is 44.9. The van der Waals surface area contributed by atoms with E-state index in [1.807, 2.05) is 25.4 Å². The van der Waals surface area contributed by atoms with Crippen LogP contribution in [-0.2, 0) is 13.0 Å². The lowest BCUT2D eigenvalue weighted by atomic mass is 9.88. The van der Waals surface area contributed by atoms with Crippen molar-refractivity contribution in [3.8, 4) is 5.75 Å². The van der Waals surface area contributed by atoms with Gasteiger partial charge in [0.25, 0.3) is 0 Å². The van der Waals surface area contributed by atoms with E-state index in [4.69, 9.17) is 0 Å². The second-order valence-corrected chi connectivity index (χ2v) is 11.0. The molecule has 2 aromatic carbocycles. The molecule has 1 aliphatic carbocycles. The van der Waals surface area contributed by atoms with Crippen LogP contribution in [0.1, 0.15) is 62.8 Å². The number of ether oxygens (including phenoxy) is 1. The molecular formula is C30H36F3N3O. The highest BCUT2D eigenvalue weighted by Crippen LogP contribution is 2.31. The molecular weight excluding hydrogens is 475 g/mol. The minimum Gasteiger partial charge on any atom is -0.435 e. The molecule has 1 atom stereocenters. The van der Waals surface area contributed by atoms with Crippen LogP contribution in [0.2, 0.25) is 0 Å². The molecule has 0 saturated carbocycles. The highest BCUT2D eigenvalue weighted by molar-refractivity contribution is 5.91. The average Bonchev–Trinajstić information content (AvgIpc) is 2.80. The zero-order chi connectivity index (χ0) is 26.7. The Morgan fingerprint density at radius 2 is 1.97 bits per heavy atom. The minimum absolute atomic E-state index is 0.0728. The van der Waals surface area contributed by atoms with E-state index in [9.17, 15) is 8.78 Å². The Hall–Kier alpha value is -3.06. The Bertz CT molecular complexity index is 1230. The van der Waals surface area contributed by atoms with E-state index in [1.165, 1.54) is 6.07 Å². The number of amidine groups is 1. The van der Waals surface area contributed by atoms with Gasteiger partial charge in [-0.25, -0.2) is 9.38 Å². The molecule has 37 heavy (non-hydrogen) atoms. The second kappa shape index (κ2) is 11.1. The van der Waals surface area contributed by atoms with E-state index in [2.05, 4.69) is 53.7 Å². The molecule has 2 aliphatic rings. The zero-order valence-electron chi connectivity index (χ0n) is 22.2. The standard InChI is InChI=1S/C30H36F3N3O/c1-19-12-22-15-26(31)25(23-17-35-28(30(2,3)4)36(5)18-23)14-21(22)9-7-11-27(19)34-16-20-8-6-10-24(13-20)37-29(32)33/h6,8,10,12-15,17,27,29,34H,7,9,11,16,18H2,1-5H3/b19-12+/t27-/m1/s1. The predicted molar refractivity (Wildman–Crippen MR) is 144 cm³/mol. The number of halogens is 3. The highest BCUT2D eigenvalue weighted by atomic mass is 19.3. The Labute approximate surface area is 217 Å². The van der Waals surface area contributed by atoms with Crippen molar-refractivity contribution in [3.63, 3.8) is 0 Å². The molecule has 0 radical (unpaired) electrons. The number of benzene rings is 2. The van der Waals surface area contributed by atoms with Crippen molar-refractivity contribution in [3.05, 3.63) is 76.2 Å². The van der Waals surface area contributed by atoms with Gasteiger partial charge in [-0.05, 0) is 72.7 Å². The maximum atomic E-state index is 15.4. The topological polar surface area (TPSA) is 36.9 Å². The smallest absolute Gasteiger partial charge is 0.387 e. The van der Waals surface area contributed by atoms with E-state index >= 15 is 4.39 Å². The molecule has 0 spiro atoms. The summed E-state index contributed by atoms with van der Waals surface area (Å²) in [5.74, 6) is 0.907. The number of alkyl halides is 2. The van der Waals surface area contributed by atoms with Crippen molar-refractivity contribution in [2.24, 2.45) is 10.4 Å². The van der Waals surface area contributed by atoms with Crippen molar-refractivity contribution < 1.29 is 17.9 Å². The van der Waals surface area contributed by atoms with Gasteiger partial charge < -0.3 is 15.0 Å². The number of likely N-dealkylation sites (N-methyl/N-ethyl adjacent to an activating group) is 1. The van der Waals surface area contributed by atoms with Crippen LogP contribution in [0.3, 0.4) is 0 Å². The van der Waals surface area contributed by atoms with Gasteiger partial charge >= 0.3 is 6.61 Å². The fraction of sp³-hybridized carbons (Fsp3) is 0.433. The van der Waals surface area contributed by atoms with Gasteiger partial charge in [-0.2, -0.15) is 8.78 Å². The van der Waals surface area contributed by atoms with Crippen molar-refractivity contribution in [1.82, 2.24) is 10.2 Å². The third-order valence-electron chi connectivity index (χ3n) is 6.91. The van der Waals surface area contributed by atoms with Crippen LogP contribution in [0.25, 0.3) is 11.6 Å². The van der Waals surface area contributed by atoms with Crippen LogP contribution in [0.15, 0.2) is 53.2 Å². The molecule has 1 heterocycles. The molecule has 0 aromatic heterocycles. The summed E-state index contributed by atoms with van der Waals surface area (Å²) in [7, 11) is 2.00. The van der Waals surface area contributed by atoms with Gasteiger partial charge in [-0.3, -0.25) is 0 Å². The van der Waals surface area contributed by atoms with Gasteiger partial charge in [-0.15, -0.1) is 0 Å². The van der Waals surface area contributed by atoms with Gasteiger partial charge in [0.15, 0.2) is 0 Å². The molecule has 2 aromatic rings. The van der Waals surface area contributed by atoms with Crippen molar-refractivity contribution >= 4 is 17.5 Å². The van der Waals surface area contributed by atoms with Crippen LogP contribution >= 0.6 is 0 Å². The number of aliphatic imine (C=N–C) groups is 1. The summed E-state index contributed by atoms with van der Waals surface area (Å²) in [6.07, 6.45) is 6.60. The molecule has 4 rings (SSSR count). The number of hydrogen-bond acceptors (Lipinski definition) is 4. The van der Waals surface area contributed by atoms with Gasteiger partial charge in [0, 0.05) is 43.4 Å². The Balaban J connectivity index is 1.52. The van der Waals surface area contributed by atoms with E-state index in [1.54, 1.807) is 18.2 Å². The second-order valence-electron chi connectivity index (χ2n) is 11.0. The first-order valence-corrected chi connectivity index (χ1v) is 12.8. The molecule has 0 saturated heterocycles. The quantitative estimate of drug-likeness (QED) is 0.451. The number of nitrogens with one attached hydrogen (secondary N) is 1. The highest BCUT2D eigenvalue weighted by Gasteiger charge is 2.27. The van der Waals surface area contributed by atoms with Gasteiger partial charge in [0.2, 0.25) is 0 Å². The van der Waals surface area contributed by atoms with Gasteiger partial charge in [0.05, 0.1) is 0 Å². The van der Waals surface area contributed by atoms with Crippen molar-refractivity contribution in [2.45, 2.75) is 66.2 Å². The summed E-state index contributed by atoms with van der Waals surface area (Å²) in [4.78, 5) is 6.76. The first kappa shape index (κ1) is 27.0. The first-order valence-electron chi connectivity index (χ1n) is 12.8.